The van der Waals surface area contributed by atoms with E-state index in [0.717, 1.165) is 10.6 Å². The minimum Gasteiger partial charge on any atom is -0.462 e. The van der Waals surface area contributed by atoms with E-state index >= 15 is 0 Å². The van der Waals surface area contributed by atoms with E-state index in [1.165, 1.54) is 11.3 Å². The monoisotopic (exact) mass is 344 g/mol. The van der Waals surface area contributed by atoms with E-state index in [1.807, 2.05) is 44.4 Å². The third-order valence-corrected chi connectivity index (χ3v) is 3.77. The number of rotatable bonds is 7. The summed E-state index contributed by atoms with van der Waals surface area (Å²) in [6.07, 6.45) is 3.31. The summed E-state index contributed by atoms with van der Waals surface area (Å²) in [5, 5.41) is 4.79. The minimum absolute atomic E-state index is 0.324. The maximum Gasteiger partial charge on any atom is 0.341 e. The van der Waals surface area contributed by atoms with Gasteiger partial charge in [-0.2, -0.15) is 5.10 Å². The Labute approximate surface area is 145 Å². The van der Waals surface area contributed by atoms with Crippen molar-refractivity contribution in [2.75, 3.05) is 26.1 Å². The molecule has 126 valence electrons. The molecule has 0 saturated heterocycles. The van der Waals surface area contributed by atoms with Crippen molar-refractivity contribution in [2.24, 2.45) is 10.1 Å². The number of esters is 1. The number of hydrogen-bond acceptors (Lipinski definition) is 6. The van der Waals surface area contributed by atoms with Crippen molar-refractivity contribution in [1.82, 2.24) is 4.90 Å². The fourth-order valence-electron chi connectivity index (χ4n) is 1.77. The molecule has 7 heteroatoms. The second kappa shape index (κ2) is 8.83. The van der Waals surface area contributed by atoms with Crippen LogP contribution in [0, 0.1) is 0 Å². The van der Waals surface area contributed by atoms with Gasteiger partial charge in [0, 0.05) is 14.1 Å². The van der Waals surface area contributed by atoms with Gasteiger partial charge in [0.05, 0.1) is 35.3 Å². The average Bonchev–Trinajstić information content (AvgIpc) is 2.97. The van der Waals surface area contributed by atoms with Crippen molar-refractivity contribution >= 4 is 40.5 Å². The molecule has 0 spiro atoms. The maximum absolute atomic E-state index is 12.1. The predicted molar refractivity (Wildman–Crippen MR) is 99.8 cm³/mol. The highest BCUT2D eigenvalue weighted by Crippen LogP contribution is 2.30. The van der Waals surface area contributed by atoms with E-state index in [0.29, 0.717) is 17.2 Å². The molecule has 6 nitrogen and oxygen atoms in total. The van der Waals surface area contributed by atoms with Crippen LogP contribution in [0.5, 0.6) is 0 Å². The molecule has 0 amide bonds. The zero-order valence-corrected chi connectivity index (χ0v) is 14.7. The molecule has 2 rings (SSSR count). The molecule has 24 heavy (non-hydrogen) atoms. The molecule has 0 aliphatic heterocycles. The molecule has 1 heterocycles. The maximum atomic E-state index is 12.1. The van der Waals surface area contributed by atoms with Crippen LogP contribution in [0.2, 0.25) is 0 Å². The van der Waals surface area contributed by atoms with Gasteiger partial charge in [0.2, 0.25) is 0 Å². The molecule has 0 aliphatic carbocycles. The summed E-state index contributed by atoms with van der Waals surface area (Å²) in [6, 6.07) is 11.4. The first kappa shape index (κ1) is 17.7. The first-order valence-electron chi connectivity index (χ1n) is 7.46. The van der Waals surface area contributed by atoms with Crippen LogP contribution in [0.3, 0.4) is 0 Å². The Hall–Kier alpha value is -2.67. The molecule has 0 radical (unpaired) electrons. The lowest BCUT2D eigenvalue weighted by Crippen LogP contribution is -2.07. The van der Waals surface area contributed by atoms with E-state index in [-0.39, 0.29) is 5.97 Å². The topological polar surface area (TPSA) is 66.3 Å². The van der Waals surface area contributed by atoms with Gasteiger partial charge in [0.25, 0.3) is 0 Å². The lowest BCUT2D eigenvalue weighted by atomic mass is 10.3. The van der Waals surface area contributed by atoms with Crippen LogP contribution in [0.4, 0.5) is 10.7 Å². The van der Waals surface area contributed by atoms with Crippen LogP contribution in [0.25, 0.3) is 0 Å². The lowest BCUT2D eigenvalue weighted by Gasteiger charge is -2.02. The number of hydrogen-bond donors (Lipinski definition) is 1. The van der Waals surface area contributed by atoms with E-state index in [9.17, 15) is 4.79 Å². The molecule has 0 unspecified atom stereocenters. The van der Waals surface area contributed by atoms with E-state index in [4.69, 9.17) is 4.74 Å². The highest BCUT2D eigenvalue weighted by atomic mass is 32.1. The predicted octanol–water partition coefficient (Wildman–Crippen LogP) is 3.59. The summed E-state index contributed by atoms with van der Waals surface area (Å²) < 4.78 is 5.08. The largest absolute Gasteiger partial charge is 0.462 e. The number of nitrogens with one attached hydrogen (secondary N) is 1. The van der Waals surface area contributed by atoms with Crippen molar-refractivity contribution in [1.29, 1.82) is 0 Å². The second-order valence-electron chi connectivity index (χ2n) is 5.03. The number of benzene rings is 1. The number of para-hydroxylation sites is 1. The Kier molecular flexibility index (Phi) is 6.51. The number of anilines is 1. The molecule has 0 bridgehead atoms. The van der Waals surface area contributed by atoms with Gasteiger partial charge in [-0.05, 0) is 25.1 Å². The van der Waals surface area contributed by atoms with Crippen molar-refractivity contribution in [3.63, 3.8) is 0 Å². The zero-order chi connectivity index (χ0) is 17.4. The van der Waals surface area contributed by atoms with Gasteiger partial charge in [-0.1, -0.05) is 18.2 Å². The van der Waals surface area contributed by atoms with Crippen LogP contribution >= 0.6 is 11.3 Å². The third kappa shape index (κ3) is 5.20. The SMILES string of the molecule is CCOC(=O)c1cc(C=NNc2ccccc2)sc1N=CN(C)C. The number of carbonyl (C=O) groups excluding carboxylic acids is 1. The Morgan fingerprint density at radius 3 is 2.75 bits per heavy atom. The zero-order valence-electron chi connectivity index (χ0n) is 13.9. The van der Waals surface area contributed by atoms with E-state index in [1.54, 1.807) is 30.4 Å². The molecule has 0 saturated carbocycles. The van der Waals surface area contributed by atoms with Crippen LogP contribution in [0.15, 0.2) is 46.5 Å². The molecule has 1 aromatic heterocycles. The summed E-state index contributed by atoms with van der Waals surface area (Å²) in [5.74, 6) is -0.379. The van der Waals surface area contributed by atoms with Crippen molar-refractivity contribution in [3.05, 3.63) is 46.8 Å². The molecule has 1 N–H and O–H groups in total. The van der Waals surface area contributed by atoms with Crippen LogP contribution in [-0.2, 0) is 4.74 Å². The van der Waals surface area contributed by atoms with Gasteiger partial charge in [0.1, 0.15) is 5.00 Å². The number of hydrazone groups is 1. The second-order valence-corrected chi connectivity index (χ2v) is 6.09. The molecule has 1 aromatic carbocycles. The van der Waals surface area contributed by atoms with Gasteiger partial charge in [-0.15, -0.1) is 11.3 Å². The van der Waals surface area contributed by atoms with Gasteiger partial charge in [0.15, 0.2) is 0 Å². The highest BCUT2D eigenvalue weighted by molar-refractivity contribution is 7.17. The molecule has 0 aliphatic rings. The van der Waals surface area contributed by atoms with Crippen molar-refractivity contribution in [3.8, 4) is 0 Å². The van der Waals surface area contributed by atoms with Crippen LogP contribution in [-0.4, -0.2) is 44.1 Å². The summed E-state index contributed by atoms with van der Waals surface area (Å²) in [7, 11) is 3.74. The van der Waals surface area contributed by atoms with E-state index < -0.39 is 0 Å². The first-order chi connectivity index (χ1) is 11.6. The summed E-state index contributed by atoms with van der Waals surface area (Å²) in [5.41, 5.74) is 4.28. The van der Waals surface area contributed by atoms with Crippen LogP contribution < -0.4 is 5.43 Å². The highest BCUT2D eigenvalue weighted by Gasteiger charge is 2.16. The first-order valence-corrected chi connectivity index (χ1v) is 8.27. The number of aliphatic imine (C=N–C) groups is 1. The van der Waals surface area contributed by atoms with Crippen molar-refractivity contribution in [2.45, 2.75) is 6.92 Å². The summed E-state index contributed by atoms with van der Waals surface area (Å²) in [4.78, 5) is 19.0. The number of nitrogens with zero attached hydrogens (tertiary/aromatic N) is 3. The summed E-state index contributed by atoms with van der Waals surface area (Å²) >= 11 is 1.38. The van der Waals surface area contributed by atoms with E-state index in [2.05, 4.69) is 15.5 Å². The fraction of sp³-hybridized carbons (Fsp3) is 0.235. The standard InChI is InChI=1S/C17H20N4O2S/c1-4-23-17(22)15-10-14(24-16(15)18-12-21(2)3)11-19-20-13-8-6-5-7-9-13/h5-12,20H,4H2,1-3H3. The normalized spacial score (nSPS) is 11.1. The fourth-order valence-corrected chi connectivity index (χ4v) is 2.62. The van der Waals surface area contributed by atoms with Gasteiger partial charge >= 0.3 is 5.97 Å². The Morgan fingerprint density at radius 1 is 1.33 bits per heavy atom. The summed E-state index contributed by atoms with van der Waals surface area (Å²) in [6.45, 7) is 2.10. The minimum atomic E-state index is -0.379. The lowest BCUT2D eigenvalue weighted by molar-refractivity contribution is 0.0528. The number of carbonyl (C=O) groups is 1. The quantitative estimate of drug-likeness (QED) is 0.361. The van der Waals surface area contributed by atoms with Gasteiger partial charge in [-0.25, -0.2) is 9.79 Å². The molecular weight excluding hydrogens is 324 g/mol. The Balaban J connectivity index is 2.17. The van der Waals surface area contributed by atoms with Crippen molar-refractivity contribution < 1.29 is 9.53 Å². The Morgan fingerprint density at radius 2 is 2.08 bits per heavy atom. The molecular formula is C17H20N4O2S. The third-order valence-electron chi connectivity index (χ3n) is 2.79. The van der Waals surface area contributed by atoms with Gasteiger partial charge in [-0.3, -0.25) is 5.43 Å². The molecule has 0 atom stereocenters. The Bertz CT molecular complexity index is 723. The smallest absolute Gasteiger partial charge is 0.341 e. The average molecular weight is 344 g/mol. The van der Waals surface area contributed by atoms with Crippen LogP contribution in [0.1, 0.15) is 22.2 Å². The molecule has 0 fully saturated rings. The number of thiophene rings is 1. The molecule has 2 aromatic rings. The number of ether oxygens (including phenoxy) is 1. The van der Waals surface area contributed by atoms with Gasteiger partial charge < -0.3 is 9.64 Å².